The third-order valence-electron chi connectivity index (χ3n) is 4.44. The molecule has 2 atom stereocenters. The number of carbonyl (C=O) groups is 2. The van der Waals surface area contributed by atoms with Crippen molar-refractivity contribution in [2.24, 2.45) is 0 Å². The lowest BCUT2D eigenvalue weighted by molar-refractivity contribution is -0.144. The third kappa shape index (κ3) is 4.45. The first kappa shape index (κ1) is 18.9. The van der Waals surface area contributed by atoms with E-state index in [1.54, 1.807) is 18.2 Å². The molecular formula is C20H22N2O5. The van der Waals surface area contributed by atoms with E-state index in [9.17, 15) is 9.59 Å². The summed E-state index contributed by atoms with van der Waals surface area (Å²) in [5, 5.41) is 0. The molecule has 142 valence electrons. The number of nitrogens with one attached hydrogen (secondary N) is 2. The Morgan fingerprint density at radius 1 is 1.04 bits per heavy atom. The van der Waals surface area contributed by atoms with Gasteiger partial charge in [-0.1, -0.05) is 30.3 Å². The minimum atomic E-state index is -0.518. The molecule has 0 amide bonds. The van der Waals surface area contributed by atoms with Gasteiger partial charge in [0.1, 0.15) is 17.5 Å². The van der Waals surface area contributed by atoms with Gasteiger partial charge in [0.05, 0.1) is 19.8 Å². The summed E-state index contributed by atoms with van der Waals surface area (Å²) in [7, 11) is 2.99. The average molecular weight is 370 g/mol. The van der Waals surface area contributed by atoms with Crippen LogP contribution in [0.3, 0.4) is 0 Å². The Morgan fingerprint density at radius 2 is 1.81 bits per heavy atom. The van der Waals surface area contributed by atoms with Gasteiger partial charge in [0.15, 0.2) is 6.61 Å². The molecule has 0 radical (unpaired) electrons. The topological polar surface area (TPSA) is 85.9 Å². The molecule has 0 spiro atoms. The summed E-state index contributed by atoms with van der Waals surface area (Å²) < 4.78 is 15.5. The molecule has 27 heavy (non-hydrogen) atoms. The molecule has 1 aliphatic heterocycles. The Kier molecular flexibility index (Phi) is 6.05. The third-order valence-corrected chi connectivity index (χ3v) is 4.44. The zero-order chi connectivity index (χ0) is 19.2. The van der Waals surface area contributed by atoms with Crippen LogP contribution in [0.4, 0.5) is 0 Å². The highest BCUT2D eigenvalue weighted by molar-refractivity contribution is 6.00. The smallest absolute Gasteiger partial charge is 0.325 e. The fourth-order valence-electron chi connectivity index (χ4n) is 2.96. The maximum atomic E-state index is 12.4. The molecule has 1 heterocycles. The summed E-state index contributed by atoms with van der Waals surface area (Å²) >= 11 is 0. The zero-order valence-electron chi connectivity index (χ0n) is 15.2. The number of ether oxygens (including phenoxy) is 3. The van der Waals surface area contributed by atoms with Gasteiger partial charge in [0.25, 0.3) is 0 Å². The first-order valence-corrected chi connectivity index (χ1v) is 8.60. The summed E-state index contributed by atoms with van der Waals surface area (Å²) in [5.41, 5.74) is 7.40. The maximum Gasteiger partial charge on any atom is 0.325 e. The highest BCUT2D eigenvalue weighted by Gasteiger charge is 2.31. The van der Waals surface area contributed by atoms with Crippen molar-refractivity contribution in [3.05, 3.63) is 59.7 Å². The molecule has 0 bridgehead atoms. The summed E-state index contributed by atoms with van der Waals surface area (Å²) in [6.45, 7) is -0.365. The second kappa shape index (κ2) is 8.66. The van der Waals surface area contributed by atoms with E-state index >= 15 is 0 Å². The van der Waals surface area contributed by atoms with Crippen molar-refractivity contribution in [1.82, 2.24) is 10.9 Å². The molecule has 2 N–H and O–H groups in total. The van der Waals surface area contributed by atoms with Crippen LogP contribution in [0, 0.1) is 0 Å². The number of rotatable bonds is 7. The van der Waals surface area contributed by atoms with Crippen LogP contribution >= 0.6 is 0 Å². The Labute approximate surface area is 157 Å². The first-order chi connectivity index (χ1) is 13.1. The van der Waals surface area contributed by atoms with Crippen LogP contribution in [0.5, 0.6) is 11.5 Å². The van der Waals surface area contributed by atoms with Crippen LogP contribution in [0.15, 0.2) is 48.5 Å². The van der Waals surface area contributed by atoms with Crippen molar-refractivity contribution >= 4 is 11.8 Å². The number of hydrazine groups is 1. The number of hydrogen-bond donors (Lipinski definition) is 2. The average Bonchev–Trinajstić information content (AvgIpc) is 3.22. The quantitative estimate of drug-likeness (QED) is 0.570. The van der Waals surface area contributed by atoms with Gasteiger partial charge < -0.3 is 14.2 Å². The Bertz CT molecular complexity index is 809. The maximum absolute atomic E-state index is 12.4. The van der Waals surface area contributed by atoms with Gasteiger partial charge in [0, 0.05) is 6.04 Å². The summed E-state index contributed by atoms with van der Waals surface area (Å²) in [4.78, 5) is 24.8. The summed E-state index contributed by atoms with van der Waals surface area (Å²) in [6, 6.07) is 14.2. The van der Waals surface area contributed by atoms with E-state index in [1.807, 2.05) is 30.3 Å². The number of methoxy groups -OCH3 is 2. The van der Waals surface area contributed by atoms with Gasteiger partial charge in [-0.2, -0.15) is 0 Å². The number of ketones is 1. The number of hydrogen-bond acceptors (Lipinski definition) is 7. The van der Waals surface area contributed by atoms with Gasteiger partial charge >= 0.3 is 5.97 Å². The van der Waals surface area contributed by atoms with E-state index in [1.165, 1.54) is 14.2 Å². The van der Waals surface area contributed by atoms with Crippen LogP contribution in [0.2, 0.25) is 0 Å². The van der Waals surface area contributed by atoms with Crippen LogP contribution in [-0.4, -0.2) is 38.6 Å². The van der Waals surface area contributed by atoms with Crippen molar-refractivity contribution in [2.45, 2.75) is 18.5 Å². The molecule has 2 unspecified atom stereocenters. The Morgan fingerprint density at radius 3 is 2.52 bits per heavy atom. The van der Waals surface area contributed by atoms with E-state index in [-0.39, 0.29) is 18.4 Å². The lowest BCUT2D eigenvalue weighted by Gasteiger charge is -2.12. The predicted octanol–water partition coefficient (Wildman–Crippen LogP) is 2.04. The zero-order valence-corrected chi connectivity index (χ0v) is 15.2. The van der Waals surface area contributed by atoms with Crippen molar-refractivity contribution in [2.75, 3.05) is 20.8 Å². The van der Waals surface area contributed by atoms with Gasteiger partial charge in [-0.25, -0.2) is 10.9 Å². The van der Waals surface area contributed by atoms with Crippen molar-refractivity contribution < 1.29 is 23.8 Å². The highest BCUT2D eigenvalue weighted by atomic mass is 16.5. The predicted molar refractivity (Wildman–Crippen MR) is 98.7 cm³/mol. The molecule has 0 aliphatic carbocycles. The van der Waals surface area contributed by atoms with Crippen LogP contribution in [0.1, 0.15) is 28.4 Å². The molecule has 1 aliphatic rings. The van der Waals surface area contributed by atoms with Gasteiger partial charge in [-0.15, -0.1) is 0 Å². The molecule has 2 aromatic rings. The van der Waals surface area contributed by atoms with Crippen LogP contribution in [-0.2, 0) is 9.53 Å². The van der Waals surface area contributed by atoms with Gasteiger partial charge in [0.2, 0.25) is 5.78 Å². The number of carbonyl (C=O) groups excluding carboxylic acids is 2. The number of esters is 1. The van der Waals surface area contributed by atoms with E-state index in [0.29, 0.717) is 23.5 Å². The van der Waals surface area contributed by atoms with E-state index in [2.05, 4.69) is 10.9 Å². The first-order valence-electron chi connectivity index (χ1n) is 8.60. The van der Waals surface area contributed by atoms with Crippen molar-refractivity contribution in [3.63, 3.8) is 0 Å². The molecule has 2 aromatic carbocycles. The Balaban J connectivity index is 1.57. The molecule has 1 fully saturated rings. The van der Waals surface area contributed by atoms with E-state index in [4.69, 9.17) is 14.2 Å². The molecule has 1 saturated heterocycles. The van der Waals surface area contributed by atoms with Crippen molar-refractivity contribution in [3.8, 4) is 11.5 Å². The number of Topliss-reactive ketones (excluding diaryl/α,β-unsaturated/α-hetero) is 1. The molecule has 3 rings (SSSR count). The summed E-state index contributed by atoms with van der Waals surface area (Å²) in [6.07, 6.45) is 0.541. The van der Waals surface area contributed by atoms with Crippen LogP contribution < -0.4 is 20.3 Å². The van der Waals surface area contributed by atoms with Crippen LogP contribution in [0.25, 0.3) is 0 Å². The van der Waals surface area contributed by atoms with Gasteiger partial charge in [-0.3, -0.25) is 9.59 Å². The molecular weight excluding hydrogens is 348 g/mol. The SMILES string of the molecule is COc1ccc(OC)c(C(=O)COC(=O)C2CC(c3ccccc3)NN2)c1. The normalized spacial score (nSPS) is 18.7. The summed E-state index contributed by atoms with van der Waals surface area (Å²) in [5.74, 6) is 0.0975. The van der Waals surface area contributed by atoms with Crippen molar-refractivity contribution in [1.29, 1.82) is 0 Å². The minimum Gasteiger partial charge on any atom is -0.497 e. The van der Waals surface area contributed by atoms with Gasteiger partial charge in [-0.05, 0) is 30.2 Å². The fourth-order valence-corrected chi connectivity index (χ4v) is 2.96. The lowest BCUT2D eigenvalue weighted by atomic mass is 10.0. The fraction of sp³-hybridized carbons (Fsp3) is 0.300. The second-order valence-electron chi connectivity index (χ2n) is 6.14. The number of benzene rings is 2. The minimum absolute atomic E-state index is 0.0120. The molecule has 0 aromatic heterocycles. The monoisotopic (exact) mass is 370 g/mol. The molecule has 7 nitrogen and oxygen atoms in total. The Hall–Kier alpha value is -2.90. The molecule has 0 saturated carbocycles. The molecule has 7 heteroatoms. The lowest BCUT2D eigenvalue weighted by Crippen LogP contribution is -2.38. The van der Waals surface area contributed by atoms with E-state index in [0.717, 1.165) is 5.56 Å². The van der Waals surface area contributed by atoms with E-state index < -0.39 is 12.0 Å². The second-order valence-corrected chi connectivity index (χ2v) is 6.14. The highest BCUT2D eigenvalue weighted by Crippen LogP contribution is 2.25. The largest absolute Gasteiger partial charge is 0.497 e. The standard InChI is InChI=1S/C20H22N2O5/c1-25-14-8-9-19(26-2)15(10-14)18(23)12-27-20(24)17-11-16(21-22-17)13-6-4-3-5-7-13/h3-10,16-17,21-22H,11-12H2,1-2H3.